The third kappa shape index (κ3) is 2.10. The minimum atomic E-state index is -0.902. The van der Waals surface area contributed by atoms with Crippen LogP contribution in [0, 0.1) is 23.7 Å². The highest BCUT2D eigenvalue weighted by atomic mass is 35.5. The molecule has 1 amide bonds. The van der Waals surface area contributed by atoms with Crippen LogP contribution >= 0.6 is 11.6 Å². The Morgan fingerprint density at radius 2 is 1.80 bits per heavy atom. The SMILES string of the molecule is O=C(Nc1ccccc1Cl)[C@@H]1[C@@H](C(=O)O)[C@H]2C=C[C@@H]1C2. The van der Waals surface area contributed by atoms with Gasteiger partial charge in [-0.15, -0.1) is 0 Å². The van der Waals surface area contributed by atoms with Crippen molar-refractivity contribution in [3.05, 3.63) is 41.4 Å². The van der Waals surface area contributed by atoms with Crippen molar-refractivity contribution in [2.24, 2.45) is 23.7 Å². The minimum absolute atomic E-state index is 0.0172. The number of carbonyl (C=O) groups is 2. The Bertz CT molecular complexity index is 599. The Labute approximate surface area is 121 Å². The van der Waals surface area contributed by atoms with Crippen LogP contribution in [0.25, 0.3) is 0 Å². The van der Waals surface area contributed by atoms with Crippen molar-refractivity contribution in [2.45, 2.75) is 6.42 Å². The molecule has 0 radical (unpaired) electrons. The molecule has 0 spiro atoms. The van der Waals surface area contributed by atoms with Crippen molar-refractivity contribution in [1.82, 2.24) is 0 Å². The van der Waals surface area contributed by atoms with E-state index in [-0.39, 0.29) is 17.7 Å². The van der Waals surface area contributed by atoms with Crippen LogP contribution in [0.15, 0.2) is 36.4 Å². The molecule has 0 heterocycles. The molecule has 5 heteroatoms. The zero-order chi connectivity index (χ0) is 14.3. The van der Waals surface area contributed by atoms with Crippen LogP contribution in [-0.2, 0) is 9.59 Å². The van der Waals surface area contributed by atoms with Gasteiger partial charge in [-0.3, -0.25) is 9.59 Å². The third-order valence-electron chi connectivity index (χ3n) is 4.18. The van der Waals surface area contributed by atoms with E-state index < -0.39 is 17.8 Å². The lowest BCUT2D eigenvalue weighted by Crippen LogP contribution is -2.36. The summed E-state index contributed by atoms with van der Waals surface area (Å²) >= 11 is 6.01. The maximum atomic E-state index is 12.4. The molecular formula is C15H14ClNO3. The van der Waals surface area contributed by atoms with E-state index in [9.17, 15) is 14.7 Å². The van der Waals surface area contributed by atoms with E-state index in [4.69, 9.17) is 11.6 Å². The van der Waals surface area contributed by atoms with Crippen LogP contribution in [0.5, 0.6) is 0 Å². The number of nitrogens with one attached hydrogen (secondary N) is 1. The number of benzene rings is 1. The monoisotopic (exact) mass is 291 g/mol. The summed E-state index contributed by atoms with van der Waals surface area (Å²) in [5.41, 5.74) is 0.523. The lowest BCUT2D eigenvalue weighted by Gasteiger charge is -2.24. The molecule has 2 N–H and O–H groups in total. The molecule has 0 aromatic heterocycles. The van der Waals surface area contributed by atoms with Crippen molar-refractivity contribution in [1.29, 1.82) is 0 Å². The van der Waals surface area contributed by atoms with Crippen molar-refractivity contribution < 1.29 is 14.7 Å². The van der Waals surface area contributed by atoms with Gasteiger partial charge in [0, 0.05) is 0 Å². The van der Waals surface area contributed by atoms with Gasteiger partial charge >= 0.3 is 5.97 Å². The highest BCUT2D eigenvalue weighted by Crippen LogP contribution is 2.48. The van der Waals surface area contributed by atoms with Gasteiger partial charge in [0.25, 0.3) is 0 Å². The first-order valence-corrected chi connectivity index (χ1v) is 6.92. The number of para-hydroxylation sites is 1. The first-order valence-electron chi connectivity index (χ1n) is 6.54. The predicted molar refractivity (Wildman–Crippen MR) is 75.4 cm³/mol. The number of fused-ring (bicyclic) bond motifs is 2. The molecule has 1 saturated carbocycles. The molecule has 2 bridgehead atoms. The summed E-state index contributed by atoms with van der Waals surface area (Å²) in [6.45, 7) is 0. The summed E-state index contributed by atoms with van der Waals surface area (Å²) in [5, 5.41) is 12.5. The van der Waals surface area contributed by atoms with Crippen LogP contribution in [0.2, 0.25) is 5.02 Å². The lowest BCUT2D eigenvalue weighted by atomic mass is 9.82. The molecule has 1 fully saturated rings. The van der Waals surface area contributed by atoms with Gasteiger partial charge in [-0.2, -0.15) is 0 Å². The van der Waals surface area contributed by atoms with Gasteiger partial charge in [0.1, 0.15) is 0 Å². The van der Waals surface area contributed by atoms with Crippen LogP contribution in [0.3, 0.4) is 0 Å². The smallest absolute Gasteiger partial charge is 0.307 e. The number of anilines is 1. The molecule has 4 atom stereocenters. The molecule has 0 aliphatic heterocycles. The van der Waals surface area contributed by atoms with Gasteiger partial charge in [-0.05, 0) is 30.4 Å². The maximum absolute atomic E-state index is 12.4. The zero-order valence-electron chi connectivity index (χ0n) is 10.6. The molecule has 4 nitrogen and oxygen atoms in total. The summed E-state index contributed by atoms with van der Waals surface area (Å²) in [4.78, 5) is 23.8. The van der Waals surface area contributed by atoms with E-state index in [1.165, 1.54) is 0 Å². The summed E-state index contributed by atoms with van der Waals surface area (Å²) in [6.07, 6.45) is 4.63. The molecule has 1 aromatic carbocycles. The fraction of sp³-hybridized carbons (Fsp3) is 0.333. The molecule has 104 valence electrons. The molecule has 20 heavy (non-hydrogen) atoms. The molecule has 2 aliphatic carbocycles. The number of aliphatic carboxylic acids is 1. The van der Waals surface area contributed by atoms with E-state index in [0.29, 0.717) is 10.7 Å². The number of hydrogen-bond acceptors (Lipinski definition) is 2. The van der Waals surface area contributed by atoms with Gasteiger partial charge in [0.2, 0.25) is 5.91 Å². The van der Waals surface area contributed by atoms with Crippen LogP contribution in [0.1, 0.15) is 6.42 Å². The van der Waals surface area contributed by atoms with E-state index in [1.54, 1.807) is 24.3 Å². The van der Waals surface area contributed by atoms with Gasteiger partial charge in [0.15, 0.2) is 0 Å². The quantitative estimate of drug-likeness (QED) is 0.842. The second kappa shape index (κ2) is 4.94. The number of hydrogen-bond donors (Lipinski definition) is 2. The Hall–Kier alpha value is -1.81. The van der Waals surface area contributed by atoms with Crippen molar-refractivity contribution in [3.8, 4) is 0 Å². The lowest BCUT2D eigenvalue weighted by molar-refractivity contribution is -0.146. The Kier molecular flexibility index (Phi) is 3.26. The number of amides is 1. The van der Waals surface area contributed by atoms with Gasteiger partial charge < -0.3 is 10.4 Å². The maximum Gasteiger partial charge on any atom is 0.307 e. The third-order valence-corrected chi connectivity index (χ3v) is 4.51. The van der Waals surface area contributed by atoms with Crippen LogP contribution in [0.4, 0.5) is 5.69 Å². The standard InChI is InChI=1S/C15H14ClNO3/c16-10-3-1-2-4-11(10)17-14(18)12-8-5-6-9(7-8)13(12)15(19)20/h1-6,8-9,12-13H,7H2,(H,17,18)(H,19,20)/t8-,9+,12+,13+/m1/s1. The molecule has 0 saturated heterocycles. The number of carbonyl (C=O) groups excluding carboxylic acids is 1. The van der Waals surface area contributed by atoms with E-state index >= 15 is 0 Å². The molecule has 2 aliphatic rings. The molecule has 0 unspecified atom stereocenters. The Morgan fingerprint density at radius 1 is 1.15 bits per heavy atom. The van der Waals surface area contributed by atoms with E-state index in [2.05, 4.69) is 5.32 Å². The van der Waals surface area contributed by atoms with E-state index in [0.717, 1.165) is 6.42 Å². The topological polar surface area (TPSA) is 66.4 Å². The first-order chi connectivity index (χ1) is 9.58. The van der Waals surface area contributed by atoms with Crippen molar-refractivity contribution in [3.63, 3.8) is 0 Å². The highest BCUT2D eigenvalue weighted by Gasteiger charge is 2.51. The number of carboxylic acid groups (broad SMARTS) is 1. The second-order valence-electron chi connectivity index (χ2n) is 5.31. The Balaban J connectivity index is 1.82. The fourth-order valence-electron chi connectivity index (χ4n) is 3.29. The van der Waals surface area contributed by atoms with Crippen molar-refractivity contribution >= 4 is 29.2 Å². The Morgan fingerprint density at radius 3 is 2.45 bits per heavy atom. The molecule has 3 rings (SSSR count). The predicted octanol–water partition coefficient (Wildman–Crippen LogP) is 2.80. The number of halogens is 1. The fourth-order valence-corrected chi connectivity index (χ4v) is 3.48. The van der Waals surface area contributed by atoms with Crippen LogP contribution in [-0.4, -0.2) is 17.0 Å². The number of allylic oxidation sites excluding steroid dienone is 2. The molecular weight excluding hydrogens is 278 g/mol. The first kappa shape index (κ1) is 13.2. The van der Waals surface area contributed by atoms with Gasteiger partial charge in [-0.25, -0.2) is 0 Å². The normalized spacial score (nSPS) is 30.4. The number of carboxylic acids is 1. The minimum Gasteiger partial charge on any atom is -0.481 e. The molecule has 1 aromatic rings. The summed E-state index contributed by atoms with van der Waals surface area (Å²) in [6, 6.07) is 6.95. The number of rotatable bonds is 3. The largest absolute Gasteiger partial charge is 0.481 e. The summed E-state index contributed by atoms with van der Waals surface area (Å²) < 4.78 is 0. The zero-order valence-corrected chi connectivity index (χ0v) is 11.4. The van der Waals surface area contributed by atoms with E-state index in [1.807, 2.05) is 12.2 Å². The average molecular weight is 292 g/mol. The van der Waals surface area contributed by atoms with Crippen LogP contribution < -0.4 is 5.32 Å². The van der Waals surface area contributed by atoms with Gasteiger partial charge in [-0.1, -0.05) is 35.9 Å². The highest BCUT2D eigenvalue weighted by molar-refractivity contribution is 6.33. The second-order valence-corrected chi connectivity index (χ2v) is 5.71. The summed E-state index contributed by atoms with van der Waals surface area (Å²) in [7, 11) is 0. The van der Waals surface area contributed by atoms with Crippen molar-refractivity contribution in [2.75, 3.05) is 5.32 Å². The van der Waals surface area contributed by atoms with Gasteiger partial charge in [0.05, 0.1) is 22.5 Å². The average Bonchev–Trinajstić information content (AvgIpc) is 3.01. The summed E-state index contributed by atoms with van der Waals surface area (Å²) in [5.74, 6) is -2.32.